The number of rotatable bonds is 2. The molecule has 0 aromatic carbocycles. The summed E-state index contributed by atoms with van der Waals surface area (Å²) in [5.41, 5.74) is 0. The molecular formula is C9H18N2. The fourth-order valence-corrected chi connectivity index (χ4v) is 1.94. The van der Waals surface area contributed by atoms with Crippen LogP contribution < -0.4 is 4.90 Å². The summed E-state index contributed by atoms with van der Waals surface area (Å²) in [6.07, 6.45) is 4.31. The molecule has 1 fully saturated rings. The molecule has 11 heavy (non-hydrogen) atoms. The molecule has 0 spiro atoms. The van der Waals surface area contributed by atoms with Gasteiger partial charge in [0.15, 0.2) is 0 Å². The lowest BCUT2D eigenvalue weighted by molar-refractivity contribution is -0.910. The maximum absolute atomic E-state index is 6.25. The lowest BCUT2D eigenvalue weighted by atomic mass is 10.2. The van der Waals surface area contributed by atoms with Gasteiger partial charge in [-0.05, 0) is 13.3 Å². The van der Waals surface area contributed by atoms with Crippen molar-refractivity contribution in [3.8, 4) is 0 Å². The molecular weight excluding hydrogens is 136 g/mol. The van der Waals surface area contributed by atoms with E-state index in [-0.39, 0.29) is 0 Å². The van der Waals surface area contributed by atoms with E-state index >= 15 is 0 Å². The van der Waals surface area contributed by atoms with Crippen LogP contribution in [-0.2, 0) is 0 Å². The Balaban J connectivity index is 0.000000461. The van der Waals surface area contributed by atoms with E-state index in [0.717, 1.165) is 6.04 Å². The molecule has 64 valence electrons. The maximum atomic E-state index is 6.25. The van der Waals surface area contributed by atoms with Crippen LogP contribution in [0.4, 0.5) is 0 Å². The lowest BCUT2D eigenvalue weighted by Crippen LogP contribution is -3.13. The quantitative estimate of drug-likeness (QED) is 0.578. The van der Waals surface area contributed by atoms with E-state index in [1.807, 2.05) is 4.90 Å². The van der Waals surface area contributed by atoms with Crippen molar-refractivity contribution in [1.82, 2.24) is 0 Å². The van der Waals surface area contributed by atoms with Gasteiger partial charge in [0.05, 0.1) is 19.1 Å². The molecule has 1 rings (SSSR count). The van der Waals surface area contributed by atoms with Crippen molar-refractivity contribution in [3.63, 3.8) is 0 Å². The number of quaternary nitrogens is 1. The standard InChI is InChI=1S/C8H17N.CN/c1-3-8-6-5-7-9(8)4-2;1-2/h8H,3-7H2,1-2H3;/q;-1/p+1. The number of hydrogen-bond donors (Lipinski definition) is 1. The zero-order valence-electron chi connectivity index (χ0n) is 7.56. The molecule has 0 aromatic rings. The van der Waals surface area contributed by atoms with Crippen LogP contribution in [0.25, 0.3) is 0 Å². The second kappa shape index (κ2) is 6.18. The van der Waals surface area contributed by atoms with Crippen molar-refractivity contribution in [1.29, 1.82) is 5.26 Å². The summed E-state index contributed by atoms with van der Waals surface area (Å²) in [6, 6.07) is 0.995. The van der Waals surface area contributed by atoms with Gasteiger partial charge in [-0.2, -0.15) is 0 Å². The number of hydrogen-bond acceptors (Lipinski definition) is 1. The van der Waals surface area contributed by atoms with Crippen molar-refractivity contribution < 1.29 is 4.90 Å². The van der Waals surface area contributed by atoms with Crippen LogP contribution in [-0.4, -0.2) is 19.1 Å². The SMILES string of the molecule is CCC1CCC[NH+]1CC.[C-]#N. The third-order valence-corrected chi connectivity index (χ3v) is 2.57. The summed E-state index contributed by atoms with van der Waals surface area (Å²) >= 11 is 0. The minimum atomic E-state index is 0.995. The first kappa shape index (κ1) is 10.4. The van der Waals surface area contributed by atoms with Gasteiger partial charge in [-0.3, -0.25) is 0 Å². The Morgan fingerprint density at radius 1 is 1.45 bits per heavy atom. The van der Waals surface area contributed by atoms with Gasteiger partial charge < -0.3 is 16.7 Å². The molecule has 1 aliphatic rings. The van der Waals surface area contributed by atoms with E-state index in [4.69, 9.17) is 11.8 Å². The van der Waals surface area contributed by atoms with Gasteiger partial charge in [0, 0.05) is 12.8 Å². The van der Waals surface area contributed by atoms with Gasteiger partial charge >= 0.3 is 0 Å². The molecule has 0 aliphatic carbocycles. The lowest BCUT2D eigenvalue weighted by Gasteiger charge is -2.17. The molecule has 1 saturated heterocycles. The molecule has 0 radical (unpaired) electrons. The number of nitrogens with one attached hydrogen (secondary N) is 1. The molecule has 2 nitrogen and oxygen atoms in total. The van der Waals surface area contributed by atoms with Crippen LogP contribution in [0.3, 0.4) is 0 Å². The summed E-state index contributed by atoms with van der Waals surface area (Å²) in [7, 11) is 0. The van der Waals surface area contributed by atoms with Crippen molar-refractivity contribution in [2.45, 2.75) is 39.2 Å². The fraction of sp³-hybridized carbons (Fsp3) is 0.889. The minimum Gasteiger partial charge on any atom is -0.512 e. The highest BCUT2D eigenvalue weighted by atomic mass is 15.2. The van der Waals surface area contributed by atoms with Crippen LogP contribution in [0, 0.1) is 11.8 Å². The predicted octanol–water partition coefficient (Wildman–Crippen LogP) is 0.560. The summed E-state index contributed by atoms with van der Waals surface area (Å²) in [4.78, 5) is 1.83. The third kappa shape index (κ3) is 2.90. The highest BCUT2D eigenvalue weighted by Gasteiger charge is 2.24. The van der Waals surface area contributed by atoms with Crippen molar-refractivity contribution in [2.75, 3.05) is 13.1 Å². The normalized spacial score (nSPS) is 29.1. The second-order valence-electron chi connectivity index (χ2n) is 3.01. The van der Waals surface area contributed by atoms with E-state index in [2.05, 4.69) is 13.8 Å². The molecule has 2 heteroatoms. The van der Waals surface area contributed by atoms with E-state index in [1.165, 1.54) is 32.4 Å². The van der Waals surface area contributed by atoms with Gasteiger partial charge in [0.1, 0.15) is 0 Å². The Bertz CT molecular complexity index is 99.4. The first-order valence-electron chi connectivity index (χ1n) is 4.45. The van der Waals surface area contributed by atoms with E-state index < -0.39 is 0 Å². The van der Waals surface area contributed by atoms with Gasteiger partial charge in [-0.1, -0.05) is 6.92 Å². The fourth-order valence-electron chi connectivity index (χ4n) is 1.94. The number of nitrogens with zero attached hydrogens (tertiary/aromatic N) is 1. The van der Waals surface area contributed by atoms with Crippen molar-refractivity contribution in [3.05, 3.63) is 6.57 Å². The molecule has 1 heterocycles. The number of likely N-dealkylation sites (tertiary alicyclic amines) is 1. The minimum absolute atomic E-state index is 0.995. The van der Waals surface area contributed by atoms with Crippen LogP contribution in [0.5, 0.6) is 0 Å². The van der Waals surface area contributed by atoms with E-state index in [9.17, 15) is 0 Å². The Hall–Kier alpha value is -0.550. The van der Waals surface area contributed by atoms with Gasteiger partial charge in [-0.15, -0.1) is 0 Å². The van der Waals surface area contributed by atoms with Crippen molar-refractivity contribution >= 4 is 0 Å². The van der Waals surface area contributed by atoms with Crippen molar-refractivity contribution in [2.24, 2.45) is 0 Å². The van der Waals surface area contributed by atoms with E-state index in [1.54, 1.807) is 0 Å². The predicted molar refractivity (Wildman–Crippen MR) is 44.7 cm³/mol. The van der Waals surface area contributed by atoms with Gasteiger partial charge in [0.2, 0.25) is 0 Å². The second-order valence-corrected chi connectivity index (χ2v) is 3.01. The third-order valence-electron chi connectivity index (χ3n) is 2.57. The van der Waals surface area contributed by atoms with Crippen LogP contribution in [0.15, 0.2) is 0 Å². The molecule has 2 unspecified atom stereocenters. The summed E-state index contributed by atoms with van der Waals surface area (Å²) in [5.74, 6) is 0. The summed E-state index contributed by atoms with van der Waals surface area (Å²) in [5, 5.41) is 6.25. The van der Waals surface area contributed by atoms with Crippen LogP contribution >= 0.6 is 0 Å². The highest BCUT2D eigenvalue weighted by molar-refractivity contribution is 4.58. The summed E-state index contributed by atoms with van der Waals surface area (Å²) < 4.78 is 0. The van der Waals surface area contributed by atoms with Gasteiger partial charge in [0.25, 0.3) is 0 Å². The Kier molecular flexibility index (Phi) is 5.87. The molecule has 0 saturated carbocycles. The Labute approximate surface area is 69.8 Å². The summed E-state index contributed by atoms with van der Waals surface area (Å²) in [6.45, 7) is 12.1. The molecule has 0 bridgehead atoms. The first-order valence-corrected chi connectivity index (χ1v) is 4.45. The molecule has 0 aromatic heterocycles. The Morgan fingerprint density at radius 3 is 2.45 bits per heavy atom. The molecule has 0 amide bonds. The van der Waals surface area contributed by atoms with Crippen LogP contribution in [0.2, 0.25) is 0 Å². The topological polar surface area (TPSA) is 28.2 Å². The average Bonchev–Trinajstić information content (AvgIpc) is 2.54. The zero-order valence-corrected chi connectivity index (χ0v) is 7.56. The zero-order chi connectivity index (χ0) is 8.69. The maximum Gasteiger partial charge on any atom is 0.0874 e. The average molecular weight is 154 g/mol. The monoisotopic (exact) mass is 154 g/mol. The smallest absolute Gasteiger partial charge is 0.0874 e. The largest absolute Gasteiger partial charge is 0.512 e. The highest BCUT2D eigenvalue weighted by Crippen LogP contribution is 2.02. The molecule has 2 atom stereocenters. The van der Waals surface area contributed by atoms with Gasteiger partial charge in [-0.25, -0.2) is 0 Å². The Morgan fingerprint density at radius 2 is 2.09 bits per heavy atom. The molecule has 1 N–H and O–H groups in total. The van der Waals surface area contributed by atoms with E-state index in [0.29, 0.717) is 0 Å². The van der Waals surface area contributed by atoms with Crippen LogP contribution in [0.1, 0.15) is 33.1 Å². The molecule has 1 aliphatic heterocycles. The first-order chi connectivity index (χ1) is 5.38.